The summed E-state index contributed by atoms with van der Waals surface area (Å²) < 4.78 is 14.4. The van der Waals surface area contributed by atoms with Crippen molar-refractivity contribution in [2.45, 2.75) is 104 Å². The van der Waals surface area contributed by atoms with E-state index in [9.17, 15) is 0 Å². The van der Waals surface area contributed by atoms with Crippen molar-refractivity contribution in [3.8, 4) is 0 Å². The molecule has 8 atom stereocenters. The molecule has 0 aliphatic carbocycles. The summed E-state index contributed by atoms with van der Waals surface area (Å²) in [5.74, 6) is 0. The normalized spacial score (nSPS) is 41.9. The van der Waals surface area contributed by atoms with E-state index in [4.69, 9.17) is 9.47 Å². The minimum atomic E-state index is -6.38. The van der Waals surface area contributed by atoms with E-state index in [0.29, 0.717) is 9.63 Å². The molecule has 8 aromatic carbocycles. The second kappa shape index (κ2) is 10.8. The molecule has 0 radical (unpaired) electrons. The van der Waals surface area contributed by atoms with Crippen LogP contribution < -0.4 is 42.4 Å². The van der Waals surface area contributed by atoms with Gasteiger partial charge >= 0.3 is 461 Å². The van der Waals surface area contributed by atoms with E-state index in [0.717, 1.165) is 42.1 Å². The van der Waals surface area contributed by atoms with Crippen molar-refractivity contribution in [2.24, 2.45) is 10.8 Å². The molecule has 0 aromatic heterocycles. The molecule has 394 valence electrons. The van der Waals surface area contributed by atoms with Crippen LogP contribution in [-0.2, 0) is 16.0 Å². The Morgan fingerprint density at radius 1 is 0.359 bits per heavy atom. The van der Waals surface area contributed by atoms with Gasteiger partial charge in [0.15, 0.2) is 0 Å². The van der Waals surface area contributed by atoms with Gasteiger partial charge in [-0.15, -0.1) is 0 Å². The molecule has 0 saturated carbocycles. The van der Waals surface area contributed by atoms with Crippen LogP contribution in [0.25, 0.3) is 0 Å². The molecular weight excluding hydrogens is 1060 g/mol. The standard InChI is InChI=1S/C38H39O2P2.C33H31P2.Fe/c1-38(2,25-24-37-39-26-15-27-40-37)30-28-35(41(31-16-7-3-8-17-31)32-18-9-4-10-19-32)36(29-30)42(33-20-11-5-12-21-33)34-22-13-6-14-23-34;1-33(2,3)26-24-31(34(27-16-8-4-9-17-27)28-18-10-5-11-19-28)32(25-26)35(29-20-12-6-13-21-29)30-22-14-7-15-23-30;/h3-14,16-23,28-29,37H,15,24-27H2,1-2H3;4-25H,1-3H3;. The number of ether oxygens (including phenoxy) is 2. The van der Waals surface area contributed by atoms with Gasteiger partial charge in [-0.05, 0) is 0 Å². The van der Waals surface area contributed by atoms with Gasteiger partial charge in [0.25, 0.3) is 0 Å². The molecule has 2 nitrogen and oxygen atoms in total. The summed E-state index contributed by atoms with van der Waals surface area (Å²) in [7, 11) is -3.64. The second-order valence-electron chi connectivity index (χ2n) is 28.2. The number of hydrogen-bond acceptors (Lipinski definition) is 2. The van der Waals surface area contributed by atoms with Gasteiger partial charge in [0.1, 0.15) is 0 Å². The molecule has 11 aliphatic rings. The fourth-order valence-electron chi connectivity index (χ4n) is 31.8. The molecule has 7 heteroatoms. The van der Waals surface area contributed by atoms with Crippen LogP contribution in [0.1, 0.15) is 53.9 Å². The zero-order valence-corrected chi connectivity index (χ0v) is 50.2. The molecule has 8 aromatic rings. The molecule has 11 saturated heterocycles. The first-order valence-electron chi connectivity index (χ1n) is 29.0. The third kappa shape index (κ3) is 1.98. The van der Waals surface area contributed by atoms with Crippen LogP contribution in [0.5, 0.6) is 0 Å². The zero-order valence-electron chi connectivity index (χ0n) is 45.5. The van der Waals surface area contributed by atoms with Crippen molar-refractivity contribution in [3.63, 3.8) is 0 Å². The molecule has 11 aliphatic heterocycles. The first-order chi connectivity index (χ1) is 37.9. The predicted octanol–water partition coefficient (Wildman–Crippen LogP) is 14.9. The summed E-state index contributed by atoms with van der Waals surface area (Å²) in [5.41, 5.74) is 0.0993. The molecule has 8 unspecified atom stereocenters. The van der Waals surface area contributed by atoms with Crippen molar-refractivity contribution < 1.29 is 16.0 Å². The molecule has 11 fully saturated rings. The third-order valence-electron chi connectivity index (χ3n) is 28.5. The van der Waals surface area contributed by atoms with E-state index in [2.05, 4.69) is 277 Å². The molecular formula is C71H70FeO2P4. The number of fused-ring (bicyclic) bond motifs is 10. The maximum absolute atomic E-state index is 6.64. The topological polar surface area (TPSA) is 18.5 Å². The number of benzene rings is 8. The Morgan fingerprint density at radius 3 is 0.821 bits per heavy atom. The number of hydrogen-bond donors (Lipinski definition) is 0. The Kier molecular flexibility index (Phi) is 6.44. The molecule has 1 spiro atoms. The molecule has 11 heterocycles. The summed E-state index contributed by atoms with van der Waals surface area (Å²) in [6, 6.07) is 99.8. The van der Waals surface area contributed by atoms with Crippen LogP contribution in [-0.4, -0.2) is 35.7 Å². The predicted molar refractivity (Wildman–Crippen MR) is 330 cm³/mol. The maximum atomic E-state index is 6.64. The molecule has 0 bridgehead atoms. The van der Waals surface area contributed by atoms with Crippen LogP contribution >= 0.6 is 31.7 Å². The van der Waals surface area contributed by atoms with Crippen LogP contribution in [0.3, 0.4) is 0 Å². The van der Waals surface area contributed by atoms with Crippen LogP contribution in [0.15, 0.2) is 243 Å². The van der Waals surface area contributed by atoms with Crippen molar-refractivity contribution >= 4 is 74.1 Å². The van der Waals surface area contributed by atoms with Gasteiger partial charge in [0, 0.05) is 0 Å². The first kappa shape index (κ1) is 46.5. The number of rotatable bonds is 16. The SMILES string of the molecule is CC(C)(C)[C]12[CH]3[C]4(P(c5ccccc5)c5ccccc5)[C]5(P(c6ccccc6)c6ccccc6)[CH]1[Fe]32451678[CH]2[C]1(C(C)(C)CCC1OCCCO1)[CH]6[C]7(P(c1ccccc1)c1ccccc1)[C]28P(c1ccccc1)c1ccccc1. The van der Waals surface area contributed by atoms with Crippen molar-refractivity contribution in [1.82, 2.24) is 0 Å². The van der Waals surface area contributed by atoms with E-state index in [1.165, 1.54) is 0 Å². The second-order valence-corrected chi connectivity index (χ2v) is 61.3. The van der Waals surface area contributed by atoms with Gasteiger partial charge < -0.3 is 0 Å². The molecule has 0 amide bonds. The Morgan fingerprint density at radius 2 is 0.590 bits per heavy atom. The fraction of sp³-hybridized carbons (Fsp3) is 0.324. The summed E-state index contributed by atoms with van der Waals surface area (Å²) in [6.07, 6.45) is 2.95. The molecule has 78 heavy (non-hydrogen) atoms. The van der Waals surface area contributed by atoms with Crippen LogP contribution in [0.4, 0.5) is 0 Å². The van der Waals surface area contributed by atoms with Gasteiger partial charge in [0.2, 0.25) is 0 Å². The van der Waals surface area contributed by atoms with E-state index in [1.54, 1.807) is 42.4 Å². The Bertz CT molecular complexity index is 3660. The molecule has 0 N–H and O–H groups in total. The fourth-order valence-corrected chi connectivity index (χ4v) is 179. The van der Waals surface area contributed by atoms with Gasteiger partial charge in [0.05, 0.1) is 0 Å². The van der Waals surface area contributed by atoms with E-state index < -0.39 is 38.2 Å². The summed E-state index contributed by atoms with van der Waals surface area (Å²) in [5, 5.41) is 13.1. The average molecular weight is 1140 g/mol. The average Bonchev–Trinajstić information content (AvgIpc) is 1.02. The summed E-state index contributed by atoms with van der Waals surface area (Å²) >= 11 is 0. The van der Waals surface area contributed by atoms with Gasteiger partial charge in [-0.2, -0.15) is 0 Å². The van der Waals surface area contributed by atoms with Gasteiger partial charge in [-0.25, -0.2) is 0 Å². The first-order valence-corrected chi connectivity index (χ1v) is 40.2. The van der Waals surface area contributed by atoms with Crippen molar-refractivity contribution in [2.75, 3.05) is 13.2 Å². The Labute approximate surface area is 457 Å². The van der Waals surface area contributed by atoms with Crippen molar-refractivity contribution in [1.29, 1.82) is 0 Å². The minimum absolute atomic E-state index is 0.0237. The van der Waals surface area contributed by atoms with E-state index >= 15 is 0 Å². The van der Waals surface area contributed by atoms with Crippen LogP contribution in [0, 0.1) is 10.8 Å². The van der Waals surface area contributed by atoms with Gasteiger partial charge in [-0.1, -0.05) is 0 Å². The Hall–Kier alpha value is -4.08. The third-order valence-corrected chi connectivity index (χ3v) is 101. The van der Waals surface area contributed by atoms with Crippen LogP contribution in [0.2, 0.25) is 27.9 Å². The zero-order chi connectivity index (χ0) is 52.4. The molecule has 19 rings (SSSR count). The van der Waals surface area contributed by atoms with Gasteiger partial charge in [-0.3, -0.25) is 0 Å². The monoisotopic (exact) mass is 1130 g/mol. The Balaban J connectivity index is 1.08. The van der Waals surface area contributed by atoms with Crippen molar-refractivity contribution in [3.05, 3.63) is 243 Å². The summed E-state index contributed by atoms with van der Waals surface area (Å²) in [6.45, 7) is 9.57. The van der Waals surface area contributed by atoms with E-state index in [-0.39, 0.29) is 42.0 Å². The quantitative estimate of drug-likeness (QED) is 0.0709. The van der Waals surface area contributed by atoms with E-state index in [1.807, 2.05) is 0 Å². The summed E-state index contributed by atoms with van der Waals surface area (Å²) in [4.78, 5) is 2.86.